The highest BCUT2D eigenvalue weighted by Gasteiger charge is 2.26. The summed E-state index contributed by atoms with van der Waals surface area (Å²) in [7, 11) is 9.89. The van der Waals surface area contributed by atoms with Crippen molar-refractivity contribution in [2.24, 2.45) is 71.7 Å². The first kappa shape index (κ1) is 92.2. The van der Waals surface area contributed by atoms with E-state index in [0.29, 0.717) is 124 Å². The number of aryl methyl sites for hydroxylation is 5. The van der Waals surface area contributed by atoms with Gasteiger partial charge in [-0.25, -0.2) is 93.2 Å². The second-order valence-electron chi connectivity index (χ2n) is 31.8. The fourth-order valence-electron chi connectivity index (χ4n) is 14.6. The Kier molecular flexibility index (Phi) is 28.2. The molecule has 5 aliphatic carbocycles. The van der Waals surface area contributed by atoms with Crippen molar-refractivity contribution >= 4 is 154 Å². The highest BCUT2D eigenvalue weighted by molar-refractivity contribution is 6.52. The molecular weight excluding hydrogens is 1760 g/mol. The summed E-state index contributed by atoms with van der Waals surface area (Å²) in [6.45, 7) is 8.75. The maximum atomic E-state index is 12.2. The minimum absolute atomic E-state index is 0.0739. The van der Waals surface area contributed by atoms with Crippen LogP contribution in [0.2, 0.25) is 0 Å². The lowest BCUT2D eigenvalue weighted by molar-refractivity contribution is -0.671. The molecule has 0 spiro atoms. The third kappa shape index (κ3) is 22.7. The Morgan fingerprint density at radius 1 is 0.336 bits per heavy atom. The Balaban J connectivity index is 0.000000124. The zero-order chi connectivity index (χ0) is 95.8. The van der Waals surface area contributed by atoms with Gasteiger partial charge < -0.3 is 53.4 Å². The van der Waals surface area contributed by atoms with Crippen molar-refractivity contribution in [2.45, 2.75) is 39.6 Å². The first-order valence-electron chi connectivity index (χ1n) is 43.4. The number of fused-ring (bicyclic) bond motifs is 5. The molecule has 692 valence electrons. The van der Waals surface area contributed by atoms with Gasteiger partial charge in [-0.1, -0.05) is 41.9 Å². The molecule has 15 heterocycles. The number of aliphatic hydroxyl groups excluding tert-OH is 3. The summed E-state index contributed by atoms with van der Waals surface area (Å²) in [5.41, 5.74) is 21.5. The van der Waals surface area contributed by atoms with E-state index in [-0.39, 0.29) is 56.7 Å². The van der Waals surface area contributed by atoms with Gasteiger partial charge in [0.2, 0.25) is 43.2 Å². The minimum atomic E-state index is -0.414. The summed E-state index contributed by atoms with van der Waals surface area (Å²) >= 11 is 5.95. The number of pyridine rings is 5. The number of ketones is 5. The van der Waals surface area contributed by atoms with Crippen molar-refractivity contribution in [3.8, 4) is 0 Å². The van der Waals surface area contributed by atoms with Gasteiger partial charge in [-0.3, -0.25) is 24.0 Å². The number of aliphatic imine (C=N–C) groups is 5. The second-order valence-corrected chi connectivity index (χ2v) is 32.2. The van der Waals surface area contributed by atoms with Gasteiger partial charge in [0, 0.05) is 66.6 Å². The Morgan fingerprint density at radius 3 is 0.978 bits per heavy atom. The van der Waals surface area contributed by atoms with Crippen molar-refractivity contribution in [1.82, 2.24) is 70.9 Å². The number of carbonyl (C=O) groups excluding carboxylic acids is 5. The average Bonchev–Trinajstić information content (AvgIpc) is 1.67. The fourth-order valence-corrected chi connectivity index (χ4v) is 14.8. The van der Waals surface area contributed by atoms with Crippen LogP contribution in [0.1, 0.15) is 6.92 Å². The monoisotopic (exact) mass is 1860 g/mol. The number of aromatic nitrogens is 20. The second kappa shape index (κ2) is 42.0. The van der Waals surface area contributed by atoms with E-state index in [1.807, 2.05) is 274 Å². The number of nitrogens with one attached hydrogen (secondary N) is 5. The maximum Gasteiger partial charge on any atom is 0.243 e. The van der Waals surface area contributed by atoms with Gasteiger partial charge in [0.15, 0.2) is 46.4 Å². The molecular formula is C96H98ClN32O8+5. The van der Waals surface area contributed by atoms with E-state index < -0.39 is 5.78 Å². The van der Waals surface area contributed by atoms with E-state index in [2.05, 4.69) is 99.9 Å². The van der Waals surface area contributed by atoms with Crippen molar-refractivity contribution in [1.29, 1.82) is 0 Å². The van der Waals surface area contributed by atoms with Gasteiger partial charge in [-0.05, 0) is 122 Å². The third-order valence-corrected chi connectivity index (χ3v) is 21.8. The normalized spacial score (nSPS) is 15.6. The van der Waals surface area contributed by atoms with Crippen LogP contribution in [0.25, 0.3) is 27.6 Å². The topological polar surface area (TPSA) is 451 Å². The molecule has 0 radical (unpaired) electrons. The Morgan fingerprint density at radius 2 is 0.642 bits per heavy atom. The molecule has 40 nitrogen and oxygen atoms in total. The van der Waals surface area contributed by atoms with Gasteiger partial charge in [0.1, 0.15) is 163 Å². The molecule has 15 aromatic heterocycles. The van der Waals surface area contributed by atoms with E-state index in [1.54, 1.807) is 47.7 Å². The zero-order valence-corrected chi connectivity index (χ0v) is 76.1. The van der Waals surface area contributed by atoms with Crippen LogP contribution < -0.4 is 60.9 Å². The van der Waals surface area contributed by atoms with Crippen LogP contribution in [-0.4, -0.2) is 176 Å². The Labute approximate surface area is 787 Å². The summed E-state index contributed by atoms with van der Waals surface area (Å²) in [6, 6.07) is 28.5. The SMILES string of the molecule is CC1=C(O)C(=Nc2c(NCCn3cc[n+](C)c3)nn3ccccc23)C=CC1=O.C[n+]1ccn(CCNc2nn3ccccc3c2N=C2C=C(Cl)C(O)=CC2=O)c1.C[n+]1ccn(CCNc2nn3ccccc3c2N=C2C=CC(=O)C=C2N)c1.C[n+]1ccn(CCNc2nn3ccccc3c2N=C2C=CC(=O)C=C2O)c1.C[n+]1ccn(CCNc2nn3ccccc3c2N=C2C=CC(N)=CC2=O)c1. The fraction of sp³-hybridized carbons (Fsp3) is 0.167. The summed E-state index contributed by atoms with van der Waals surface area (Å²) in [6.07, 6.45) is 57.7. The molecule has 0 amide bonds. The number of hydrogen-bond acceptors (Lipinski definition) is 25. The number of carbonyl (C=O) groups is 5. The molecule has 20 rings (SSSR count). The largest absolute Gasteiger partial charge is 0.506 e. The smallest absolute Gasteiger partial charge is 0.243 e. The van der Waals surface area contributed by atoms with Gasteiger partial charge in [0.05, 0.1) is 112 Å². The van der Waals surface area contributed by atoms with Crippen LogP contribution in [0.3, 0.4) is 0 Å². The summed E-state index contributed by atoms with van der Waals surface area (Å²) < 4.78 is 29.0. The van der Waals surface area contributed by atoms with Crippen LogP contribution in [0.15, 0.2) is 359 Å². The molecule has 0 saturated carbocycles. The van der Waals surface area contributed by atoms with E-state index in [1.165, 1.54) is 48.6 Å². The molecule has 15 aromatic rings. The van der Waals surface area contributed by atoms with Crippen LogP contribution >= 0.6 is 11.6 Å². The highest BCUT2D eigenvalue weighted by atomic mass is 35.5. The quantitative estimate of drug-likeness (QED) is 0.0146. The lowest BCUT2D eigenvalue weighted by Gasteiger charge is -2.09. The number of nitrogens with zero attached hydrogens (tertiary/aromatic N) is 25. The molecule has 12 N–H and O–H groups in total. The van der Waals surface area contributed by atoms with E-state index in [9.17, 15) is 39.3 Å². The Bertz CT molecular complexity index is 7510. The molecule has 0 atom stereocenters. The Hall–Kier alpha value is -18.1. The summed E-state index contributed by atoms with van der Waals surface area (Å²) in [5.74, 6) is 1.35. The molecule has 0 unspecified atom stereocenters. The number of allylic oxidation sites excluding steroid dienone is 15. The maximum absolute atomic E-state index is 12.2. The molecule has 0 fully saturated rings. The van der Waals surface area contributed by atoms with Crippen molar-refractivity contribution in [2.75, 3.05) is 59.3 Å². The molecule has 0 saturated heterocycles. The van der Waals surface area contributed by atoms with E-state index in [4.69, 9.17) is 23.1 Å². The average molecular weight is 1860 g/mol. The third-order valence-electron chi connectivity index (χ3n) is 21.5. The zero-order valence-electron chi connectivity index (χ0n) is 75.4. The highest BCUT2D eigenvalue weighted by Crippen LogP contribution is 2.37. The predicted octanol–water partition coefficient (Wildman–Crippen LogP) is 8.39. The van der Waals surface area contributed by atoms with E-state index in [0.717, 1.165) is 72.5 Å². The molecule has 0 aliphatic heterocycles. The van der Waals surface area contributed by atoms with Crippen LogP contribution in [0, 0.1) is 0 Å². The summed E-state index contributed by atoms with van der Waals surface area (Å²) in [4.78, 5) is 81.8. The predicted molar refractivity (Wildman–Crippen MR) is 519 cm³/mol. The summed E-state index contributed by atoms with van der Waals surface area (Å²) in [5, 5.41) is 69.4. The lowest BCUT2D eigenvalue weighted by atomic mass is 10.0. The number of rotatable bonds is 25. The first-order valence-corrected chi connectivity index (χ1v) is 43.7. The van der Waals surface area contributed by atoms with E-state index >= 15 is 0 Å². The standard InChI is InChI=1S/C20H20N6O2.C19H17ClN6O2.2C19H19N7O.C19H18N6O2/c1-14-17(27)7-6-15(19(14)28)22-18-16-5-3-4-9-26(16)23-20(18)21-8-10-25-12-11-24(2)13-25;1-24-8-9-25(12-24)7-5-21-19-18(15-4-2-3-6-26(15)23-19)22-14-10-13(20)16(27)11-17(14)28;1-24-10-11-25(13-24)9-7-21-19-18(17-4-2-3-8-26(17)23-19)22-16-6-5-14(27)12-15(16)20;1-24-10-11-25(13-24)9-7-21-19-18(16-4-2-3-8-26(16)23-19)22-15-6-5-14(20)12-17(15)27;1-23-10-11-24(13-23)9-7-20-19-18(16-4-2-3-8-25(16)22-19)21-15-6-5-14(26)12-17(15)27/h3-7,9,11-13H,8,10H2,1-2H3,(H-,21,23,27,28);2-4,6,8-12H,5,7H2,1H3,(H-,21,23,27,28);2*2-6,8,10-13H,7,9H2,1H3,(H2-,20,21,23,27);2-6,8,10-13H,7,9H2,1H3,(H-,20,22,26,27)/p+5. The number of anilines is 5. The number of hydrogen-bond donors (Lipinski definition) is 10. The van der Waals surface area contributed by atoms with Crippen LogP contribution in [0.5, 0.6) is 0 Å². The molecule has 0 bridgehead atoms. The first-order chi connectivity index (χ1) is 66.3. The number of halogens is 1. The van der Waals surface area contributed by atoms with Crippen molar-refractivity contribution in [3.63, 3.8) is 0 Å². The number of aliphatic hydroxyl groups is 3. The molecule has 0 aromatic carbocycles. The number of nitrogens with two attached hydrogens (primary N) is 2. The van der Waals surface area contributed by atoms with Gasteiger partial charge in [0.25, 0.3) is 0 Å². The van der Waals surface area contributed by atoms with Gasteiger partial charge in [-0.15, -0.1) is 25.5 Å². The van der Waals surface area contributed by atoms with Crippen molar-refractivity contribution < 1.29 is 62.1 Å². The van der Waals surface area contributed by atoms with Gasteiger partial charge >= 0.3 is 0 Å². The van der Waals surface area contributed by atoms with Crippen LogP contribution in [-0.2, 0) is 91.9 Å². The lowest BCUT2D eigenvalue weighted by Crippen LogP contribution is -2.24. The molecule has 5 aliphatic rings. The van der Waals surface area contributed by atoms with Gasteiger partial charge in [-0.2, -0.15) is 0 Å². The molecule has 41 heteroatoms. The van der Waals surface area contributed by atoms with Crippen LogP contribution in [0.4, 0.5) is 57.5 Å². The van der Waals surface area contributed by atoms with Crippen molar-refractivity contribution in [3.05, 3.63) is 334 Å². The number of imidazole rings is 5. The molecule has 137 heavy (non-hydrogen) atoms. The minimum Gasteiger partial charge on any atom is -0.506 e.